The van der Waals surface area contributed by atoms with Gasteiger partial charge in [0, 0.05) is 18.7 Å². The van der Waals surface area contributed by atoms with E-state index in [9.17, 15) is 9.18 Å². The highest BCUT2D eigenvalue weighted by Crippen LogP contribution is 2.26. The Morgan fingerprint density at radius 3 is 2.64 bits per heavy atom. The molecule has 0 amide bonds. The van der Waals surface area contributed by atoms with E-state index >= 15 is 0 Å². The van der Waals surface area contributed by atoms with Gasteiger partial charge in [-0.3, -0.25) is 4.79 Å². The Balaban J connectivity index is 2.42. The van der Waals surface area contributed by atoms with E-state index in [0.717, 1.165) is 32.2 Å². The standard InChI is InChI=1S/C11H12FNO/c12-10-5-3-4-9(8-14)11(10)13-6-1-2-7-13/h3-5,8H,1-2,6-7H2. The second-order valence-corrected chi connectivity index (χ2v) is 3.49. The molecule has 1 aliphatic rings. The zero-order valence-corrected chi connectivity index (χ0v) is 7.87. The number of halogens is 1. The van der Waals surface area contributed by atoms with Crippen LogP contribution in [0.3, 0.4) is 0 Å². The van der Waals surface area contributed by atoms with Crippen molar-refractivity contribution in [1.82, 2.24) is 0 Å². The lowest BCUT2D eigenvalue weighted by Crippen LogP contribution is -2.20. The minimum absolute atomic E-state index is 0.295. The van der Waals surface area contributed by atoms with Crippen molar-refractivity contribution >= 4 is 12.0 Å². The molecule has 1 aromatic carbocycles. The van der Waals surface area contributed by atoms with Gasteiger partial charge in [0.25, 0.3) is 0 Å². The molecule has 14 heavy (non-hydrogen) atoms. The fourth-order valence-corrected chi connectivity index (χ4v) is 1.90. The number of nitrogens with zero attached hydrogens (tertiary/aromatic N) is 1. The number of rotatable bonds is 2. The summed E-state index contributed by atoms with van der Waals surface area (Å²) in [6.45, 7) is 1.70. The third-order valence-corrected chi connectivity index (χ3v) is 2.57. The smallest absolute Gasteiger partial charge is 0.152 e. The highest BCUT2D eigenvalue weighted by Gasteiger charge is 2.18. The van der Waals surface area contributed by atoms with E-state index in [1.165, 1.54) is 6.07 Å². The summed E-state index contributed by atoms with van der Waals surface area (Å²) in [7, 11) is 0. The van der Waals surface area contributed by atoms with Gasteiger partial charge in [-0.2, -0.15) is 0 Å². The van der Waals surface area contributed by atoms with Crippen molar-refractivity contribution in [2.45, 2.75) is 12.8 Å². The average Bonchev–Trinajstić information content (AvgIpc) is 2.70. The SMILES string of the molecule is O=Cc1cccc(F)c1N1CCCC1. The molecule has 0 atom stereocenters. The van der Waals surface area contributed by atoms with Crippen molar-refractivity contribution in [1.29, 1.82) is 0 Å². The summed E-state index contributed by atoms with van der Waals surface area (Å²) >= 11 is 0. The first-order chi connectivity index (χ1) is 6.83. The van der Waals surface area contributed by atoms with Crippen LogP contribution in [0.4, 0.5) is 10.1 Å². The van der Waals surface area contributed by atoms with Crippen molar-refractivity contribution in [3.05, 3.63) is 29.6 Å². The number of hydrogen-bond donors (Lipinski definition) is 0. The maximum atomic E-state index is 13.5. The molecular formula is C11H12FNO. The predicted molar refractivity (Wildman–Crippen MR) is 53.2 cm³/mol. The van der Waals surface area contributed by atoms with Gasteiger partial charge in [0.1, 0.15) is 5.82 Å². The molecule has 1 saturated heterocycles. The number of anilines is 1. The molecule has 0 spiro atoms. The fourth-order valence-electron chi connectivity index (χ4n) is 1.90. The molecule has 74 valence electrons. The lowest BCUT2D eigenvalue weighted by Gasteiger charge is -2.19. The summed E-state index contributed by atoms with van der Waals surface area (Å²) in [4.78, 5) is 12.7. The molecule has 2 nitrogen and oxygen atoms in total. The van der Waals surface area contributed by atoms with Crippen LogP contribution in [0.15, 0.2) is 18.2 Å². The molecule has 3 heteroatoms. The Kier molecular flexibility index (Phi) is 2.48. The highest BCUT2D eigenvalue weighted by atomic mass is 19.1. The molecule has 0 bridgehead atoms. The van der Waals surface area contributed by atoms with Crippen LogP contribution in [0, 0.1) is 5.82 Å². The van der Waals surface area contributed by atoms with Crippen LogP contribution in [-0.2, 0) is 0 Å². The van der Waals surface area contributed by atoms with Crippen molar-refractivity contribution in [3.8, 4) is 0 Å². The van der Waals surface area contributed by atoms with Crippen LogP contribution >= 0.6 is 0 Å². The maximum absolute atomic E-state index is 13.5. The predicted octanol–water partition coefficient (Wildman–Crippen LogP) is 2.24. The van der Waals surface area contributed by atoms with E-state index in [-0.39, 0.29) is 5.82 Å². The van der Waals surface area contributed by atoms with Gasteiger partial charge in [0.05, 0.1) is 5.69 Å². The summed E-state index contributed by atoms with van der Waals surface area (Å²) in [5.41, 5.74) is 0.923. The fraction of sp³-hybridized carbons (Fsp3) is 0.364. The lowest BCUT2D eigenvalue weighted by molar-refractivity contribution is 0.112. The van der Waals surface area contributed by atoms with Crippen LogP contribution in [0.25, 0.3) is 0 Å². The summed E-state index contributed by atoms with van der Waals surface area (Å²) in [5.74, 6) is -0.295. The zero-order valence-electron chi connectivity index (χ0n) is 7.87. The number of para-hydroxylation sites is 1. The Bertz CT molecular complexity index is 345. The van der Waals surface area contributed by atoms with Gasteiger partial charge < -0.3 is 4.90 Å². The molecule has 1 fully saturated rings. The average molecular weight is 193 g/mol. The van der Waals surface area contributed by atoms with Crippen molar-refractivity contribution in [2.24, 2.45) is 0 Å². The minimum Gasteiger partial charge on any atom is -0.369 e. The van der Waals surface area contributed by atoms with Crippen molar-refractivity contribution in [3.63, 3.8) is 0 Å². The van der Waals surface area contributed by atoms with Gasteiger partial charge in [0.15, 0.2) is 6.29 Å². The number of carbonyl (C=O) groups is 1. The van der Waals surface area contributed by atoms with Crippen molar-refractivity contribution < 1.29 is 9.18 Å². The molecule has 1 heterocycles. The number of aldehydes is 1. The molecule has 0 N–H and O–H groups in total. The lowest BCUT2D eigenvalue weighted by atomic mass is 10.1. The molecule has 0 aliphatic carbocycles. The summed E-state index contributed by atoms with van der Waals surface area (Å²) in [5, 5.41) is 0. The molecule has 1 aromatic rings. The molecule has 0 saturated carbocycles. The van der Waals surface area contributed by atoms with Crippen LogP contribution in [-0.4, -0.2) is 19.4 Å². The van der Waals surface area contributed by atoms with Gasteiger partial charge in [-0.05, 0) is 25.0 Å². The maximum Gasteiger partial charge on any atom is 0.152 e. The van der Waals surface area contributed by atoms with E-state index < -0.39 is 0 Å². The number of carbonyl (C=O) groups excluding carboxylic acids is 1. The van der Waals surface area contributed by atoms with E-state index in [4.69, 9.17) is 0 Å². The second kappa shape index (κ2) is 3.78. The topological polar surface area (TPSA) is 20.3 Å². The Labute approximate surface area is 82.3 Å². The van der Waals surface area contributed by atoms with Crippen LogP contribution in [0.2, 0.25) is 0 Å². The van der Waals surface area contributed by atoms with E-state index in [1.54, 1.807) is 12.1 Å². The first-order valence-corrected chi connectivity index (χ1v) is 4.81. The third-order valence-electron chi connectivity index (χ3n) is 2.57. The Morgan fingerprint density at radius 2 is 2.00 bits per heavy atom. The van der Waals surface area contributed by atoms with Crippen LogP contribution in [0.5, 0.6) is 0 Å². The van der Waals surface area contributed by atoms with Gasteiger partial charge in [0.2, 0.25) is 0 Å². The molecule has 0 aromatic heterocycles. The van der Waals surface area contributed by atoms with Crippen LogP contribution < -0.4 is 4.90 Å². The second-order valence-electron chi connectivity index (χ2n) is 3.49. The number of hydrogen-bond acceptors (Lipinski definition) is 2. The van der Waals surface area contributed by atoms with Gasteiger partial charge in [-0.25, -0.2) is 4.39 Å². The monoisotopic (exact) mass is 193 g/mol. The molecular weight excluding hydrogens is 181 g/mol. The number of benzene rings is 1. The van der Waals surface area contributed by atoms with Gasteiger partial charge in [-0.15, -0.1) is 0 Å². The zero-order chi connectivity index (χ0) is 9.97. The highest BCUT2D eigenvalue weighted by molar-refractivity contribution is 5.84. The largest absolute Gasteiger partial charge is 0.369 e. The first kappa shape index (κ1) is 9.19. The summed E-state index contributed by atoms with van der Waals surface area (Å²) in [6.07, 6.45) is 2.87. The van der Waals surface area contributed by atoms with Gasteiger partial charge >= 0.3 is 0 Å². The summed E-state index contributed by atoms with van der Waals surface area (Å²) in [6, 6.07) is 4.63. The third kappa shape index (κ3) is 1.50. The van der Waals surface area contributed by atoms with Crippen LogP contribution in [0.1, 0.15) is 23.2 Å². The minimum atomic E-state index is -0.295. The normalized spacial score (nSPS) is 15.9. The van der Waals surface area contributed by atoms with E-state index in [1.807, 2.05) is 4.90 Å². The Hall–Kier alpha value is -1.38. The molecule has 1 aliphatic heterocycles. The quantitative estimate of drug-likeness (QED) is 0.671. The van der Waals surface area contributed by atoms with Crippen molar-refractivity contribution in [2.75, 3.05) is 18.0 Å². The van der Waals surface area contributed by atoms with E-state index in [2.05, 4.69) is 0 Å². The van der Waals surface area contributed by atoms with E-state index in [0.29, 0.717) is 11.3 Å². The summed E-state index contributed by atoms with van der Waals surface area (Å²) < 4.78 is 13.5. The molecule has 2 rings (SSSR count). The molecule has 0 unspecified atom stereocenters. The Morgan fingerprint density at radius 1 is 1.29 bits per heavy atom. The van der Waals surface area contributed by atoms with Gasteiger partial charge in [-0.1, -0.05) is 6.07 Å². The first-order valence-electron chi connectivity index (χ1n) is 4.81. The molecule has 0 radical (unpaired) electrons.